The lowest BCUT2D eigenvalue weighted by Gasteiger charge is -2.31. The lowest BCUT2D eigenvalue weighted by Crippen LogP contribution is -2.42. The largest absolute Gasteiger partial charge is 0.472 e. The lowest BCUT2D eigenvalue weighted by atomic mass is 9.93. The number of morpholine rings is 1. The normalized spacial score (nSPS) is 19.4. The van der Waals surface area contributed by atoms with Crippen molar-refractivity contribution in [2.75, 3.05) is 19.7 Å². The maximum atomic E-state index is 12.4. The van der Waals surface area contributed by atoms with E-state index in [-0.39, 0.29) is 17.4 Å². The van der Waals surface area contributed by atoms with Crippen LogP contribution in [0.2, 0.25) is 0 Å². The fourth-order valence-corrected chi connectivity index (χ4v) is 3.42. The van der Waals surface area contributed by atoms with Gasteiger partial charge < -0.3 is 14.1 Å². The van der Waals surface area contributed by atoms with Gasteiger partial charge >= 0.3 is 0 Å². The van der Waals surface area contributed by atoms with Gasteiger partial charge in [0, 0.05) is 17.3 Å². The first-order valence-electron chi connectivity index (χ1n) is 7.34. The first-order chi connectivity index (χ1) is 10.4. The van der Waals surface area contributed by atoms with Gasteiger partial charge in [-0.25, -0.2) is 4.98 Å². The van der Waals surface area contributed by atoms with E-state index in [1.54, 1.807) is 22.3 Å². The highest BCUT2D eigenvalue weighted by molar-refractivity contribution is 7.09. The third kappa shape index (κ3) is 3.08. The molecular weight excluding hydrogens is 300 g/mol. The number of aromatic nitrogens is 1. The van der Waals surface area contributed by atoms with E-state index >= 15 is 0 Å². The average Bonchev–Trinajstić information content (AvgIpc) is 3.17. The summed E-state index contributed by atoms with van der Waals surface area (Å²) in [4.78, 5) is 18.9. The number of hydrogen-bond donors (Lipinski definition) is 0. The van der Waals surface area contributed by atoms with Gasteiger partial charge in [0.25, 0.3) is 5.91 Å². The van der Waals surface area contributed by atoms with Crippen LogP contribution in [0.3, 0.4) is 0 Å². The van der Waals surface area contributed by atoms with Crippen LogP contribution < -0.4 is 0 Å². The summed E-state index contributed by atoms with van der Waals surface area (Å²) >= 11 is 1.60. The van der Waals surface area contributed by atoms with Crippen molar-refractivity contribution in [3.63, 3.8) is 0 Å². The van der Waals surface area contributed by atoms with Gasteiger partial charge in [0.15, 0.2) is 0 Å². The average molecular weight is 320 g/mol. The van der Waals surface area contributed by atoms with Gasteiger partial charge in [-0.2, -0.15) is 0 Å². The van der Waals surface area contributed by atoms with Crippen LogP contribution in [-0.2, 0) is 10.2 Å². The highest BCUT2D eigenvalue weighted by Gasteiger charge is 2.29. The predicted molar refractivity (Wildman–Crippen MR) is 84.1 cm³/mol. The van der Waals surface area contributed by atoms with Crippen molar-refractivity contribution in [1.82, 2.24) is 9.88 Å². The molecule has 1 saturated heterocycles. The molecular formula is C16H20N2O3S. The number of nitrogens with zero attached hydrogens (tertiary/aromatic N) is 2. The van der Waals surface area contributed by atoms with E-state index in [4.69, 9.17) is 14.1 Å². The van der Waals surface area contributed by atoms with Gasteiger partial charge in [-0.3, -0.25) is 4.79 Å². The van der Waals surface area contributed by atoms with Crippen LogP contribution in [0.15, 0.2) is 28.4 Å². The zero-order chi connectivity index (χ0) is 15.7. The number of amides is 1. The van der Waals surface area contributed by atoms with Crippen molar-refractivity contribution in [2.45, 2.75) is 32.3 Å². The molecule has 0 N–H and O–H groups in total. The van der Waals surface area contributed by atoms with Crippen molar-refractivity contribution < 1.29 is 13.9 Å². The zero-order valence-electron chi connectivity index (χ0n) is 13.0. The van der Waals surface area contributed by atoms with Gasteiger partial charge in [0.05, 0.1) is 30.7 Å². The standard InChI is InChI=1S/C16H20N2O3S/c1-16(2,3)13-10-22-14(17-13)12-8-18(5-7-21-12)15(19)11-4-6-20-9-11/h4,6,9-10,12H,5,7-8H2,1-3H3. The van der Waals surface area contributed by atoms with Crippen LogP contribution in [0.4, 0.5) is 0 Å². The second kappa shape index (κ2) is 5.85. The summed E-state index contributed by atoms with van der Waals surface area (Å²) in [5, 5.41) is 3.02. The topological polar surface area (TPSA) is 55.6 Å². The second-order valence-electron chi connectivity index (χ2n) is 6.44. The van der Waals surface area contributed by atoms with Crippen molar-refractivity contribution in [3.8, 4) is 0 Å². The zero-order valence-corrected chi connectivity index (χ0v) is 13.9. The molecule has 6 heteroatoms. The third-order valence-electron chi connectivity index (χ3n) is 3.69. The monoisotopic (exact) mass is 320 g/mol. The van der Waals surface area contributed by atoms with Crippen molar-refractivity contribution >= 4 is 17.2 Å². The third-order valence-corrected chi connectivity index (χ3v) is 4.62. The Morgan fingerprint density at radius 2 is 2.27 bits per heavy atom. The number of thiazole rings is 1. The van der Waals surface area contributed by atoms with Gasteiger partial charge in [0.2, 0.25) is 0 Å². The lowest BCUT2D eigenvalue weighted by molar-refractivity contribution is -0.0230. The number of ether oxygens (including phenoxy) is 1. The first kappa shape index (κ1) is 15.2. The minimum absolute atomic E-state index is 0.0188. The van der Waals surface area contributed by atoms with Crippen LogP contribution in [0.1, 0.15) is 47.9 Å². The summed E-state index contributed by atoms with van der Waals surface area (Å²) in [5.41, 5.74) is 1.67. The maximum Gasteiger partial charge on any atom is 0.257 e. The van der Waals surface area contributed by atoms with E-state index in [0.29, 0.717) is 25.3 Å². The molecule has 5 nitrogen and oxygen atoms in total. The fraction of sp³-hybridized carbons (Fsp3) is 0.500. The molecule has 0 spiro atoms. The quantitative estimate of drug-likeness (QED) is 0.852. The predicted octanol–water partition coefficient (Wildman–Crippen LogP) is 3.25. The molecule has 1 atom stereocenters. The van der Waals surface area contributed by atoms with Crippen LogP contribution in [-0.4, -0.2) is 35.5 Å². The molecule has 1 amide bonds. The summed E-state index contributed by atoms with van der Waals surface area (Å²) in [6.07, 6.45) is 2.85. The van der Waals surface area contributed by atoms with Crippen LogP contribution in [0.25, 0.3) is 0 Å². The number of rotatable bonds is 2. The van der Waals surface area contributed by atoms with Gasteiger partial charge in [-0.1, -0.05) is 20.8 Å². The molecule has 1 fully saturated rings. The second-order valence-corrected chi connectivity index (χ2v) is 7.33. The molecule has 0 bridgehead atoms. The minimum Gasteiger partial charge on any atom is -0.472 e. The molecule has 0 saturated carbocycles. The molecule has 2 aromatic rings. The Morgan fingerprint density at radius 1 is 1.45 bits per heavy atom. The summed E-state index contributed by atoms with van der Waals surface area (Å²) in [5.74, 6) is -0.0188. The Hall–Kier alpha value is -1.66. The fourth-order valence-electron chi connectivity index (χ4n) is 2.33. The van der Waals surface area contributed by atoms with Crippen LogP contribution in [0, 0.1) is 0 Å². The molecule has 118 valence electrons. The molecule has 0 radical (unpaired) electrons. The van der Waals surface area contributed by atoms with Crippen molar-refractivity contribution in [2.24, 2.45) is 0 Å². The molecule has 1 unspecified atom stereocenters. The number of furan rings is 1. The molecule has 0 aliphatic carbocycles. The molecule has 3 heterocycles. The smallest absolute Gasteiger partial charge is 0.257 e. The Balaban J connectivity index is 1.73. The summed E-state index contributed by atoms with van der Waals surface area (Å²) in [6, 6.07) is 1.69. The van der Waals surface area contributed by atoms with E-state index in [9.17, 15) is 4.79 Å². The highest BCUT2D eigenvalue weighted by Crippen LogP contribution is 2.30. The van der Waals surface area contributed by atoms with Crippen molar-refractivity contribution in [1.29, 1.82) is 0 Å². The van der Waals surface area contributed by atoms with Crippen LogP contribution >= 0.6 is 11.3 Å². The van der Waals surface area contributed by atoms with Gasteiger partial charge in [-0.05, 0) is 6.07 Å². The molecule has 3 rings (SSSR count). The molecule has 1 aliphatic rings. The van der Waals surface area contributed by atoms with E-state index in [1.807, 2.05) is 0 Å². The summed E-state index contributed by atoms with van der Waals surface area (Å²) in [6.45, 7) is 8.07. The number of hydrogen-bond acceptors (Lipinski definition) is 5. The Kier molecular flexibility index (Phi) is 4.06. The van der Waals surface area contributed by atoms with E-state index in [1.165, 1.54) is 12.5 Å². The van der Waals surface area contributed by atoms with Gasteiger partial charge in [0.1, 0.15) is 17.4 Å². The minimum atomic E-state index is -0.147. The van der Waals surface area contributed by atoms with Crippen molar-refractivity contribution in [3.05, 3.63) is 40.2 Å². The Morgan fingerprint density at radius 3 is 2.91 bits per heavy atom. The maximum absolute atomic E-state index is 12.4. The van der Waals surface area contributed by atoms with E-state index in [2.05, 4.69) is 26.2 Å². The Bertz CT molecular complexity index is 643. The number of carbonyl (C=O) groups is 1. The SMILES string of the molecule is CC(C)(C)c1csc(C2CN(C(=O)c3ccoc3)CCO2)n1. The molecule has 22 heavy (non-hydrogen) atoms. The number of carbonyl (C=O) groups excluding carboxylic acids is 1. The van der Waals surface area contributed by atoms with E-state index in [0.717, 1.165) is 10.7 Å². The molecule has 1 aliphatic heterocycles. The highest BCUT2D eigenvalue weighted by atomic mass is 32.1. The van der Waals surface area contributed by atoms with Gasteiger partial charge in [-0.15, -0.1) is 11.3 Å². The van der Waals surface area contributed by atoms with E-state index < -0.39 is 0 Å². The first-order valence-corrected chi connectivity index (χ1v) is 8.22. The molecule has 0 aromatic carbocycles. The van der Waals surface area contributed by atoms with Crippen LogP contribution in [0.5, 0.6) is 0 Å². The Labute approximate surface area is 133 Å². The molecule has 2 aromatic heterocycles. The summed E-state index contributed by atoms with van der Waals surface area (Å²) in [7, 11) is 0. The summed E-state index contributed by atoms with van der Waals surface area (Å²) < 4.78 is 10.8.